The molecule has 0 saturated carbocycles. The van der Waals surface area contributed by atoms with Gasteiger partial charge in [0, 0.05) is 51.3 Å². The van der Waals surface area contributed by atoms with Crippen molar-refractivity contribution < 1.29 is 9.59 Å². The number of halogens is 1. The molecule has 0 bridgehead atoms. The number of nitrogens with zero attached hydrogens (tertiary/aromatic N) is 5. The predicted octanol–water partition coefficient (Wildman–Crippen LogP) is 2.82. The lowest BCUT2D eigenvalue weighted by molar-refractivity contribution is -0.127. The lowest BCUT2D eigenvalue weighted by Gasteiger charge is -2.40. The number of amides is 3. The number of urea groups is 1. The molecule has 1 N–H and O–H groups in total. The molecule has 0 radical (unpaired) electrons. The number of aliphatic imine (C=N–C) groups is 1. The number of imide groups is 1. The molecule has 35 heavy (non-hydrogen) atoms. The molecule has 2 unspecified atom stereocenters. The van der Waals surface area contributed by atoms with E-state index in [1.807, 2.05) is 29.2 Å². The highest BCUT2D eigenvalue weighted by molar-refractivity contribution is 6.30. The van der Waals surface area contributed by atoms with Crippen LogP contribution in [0.2, 0.25) is 5.02 Å². The fourth-order valence-corrected chi connectivity index (χ4v) is 5.17. The van der Waals surface area contributed by atoms with Gasteiger partial charge in [0.15, 0.2) is 18.2 Å². The molecular formula is C26H31ClN6O2. The Kier molecular flexibility index (Phi) is 6.42. The minimum atomic E-state index is -0.559. The number of carbonyl (C=O) groups is 2. The summed E-state index contributed by atoms with van der Waals surface area (Å²) in [6.07, 6.45) is -0.536. The number of aryl methyl sites for hydroxylation is 2. The van der Waals surface area contributed by atoms with Crippen LogP contribution in [0.3, 0.4) is 0 Å². The van der Waals surface area contributed by atoms with Gasteiger partial charge < -0.3 is 14.7 Å². The van der Waals surface area contributed by atoms with Crippen molar-refractivity contribution >= 4 is 29.5 Å². The minimum absolute atomic E-state index is 0.306. The van der Waals surface area contributed by atoms with E-state index in [2.05, 4.69) is 47.2 Å². The number of hydrogen-bond acceptors (Lipinski definition) is 6. The molecule has 2 saturated heterocycles. The molecule has 2 fully saturated rings. The van der Waals surface area contributed by atoms with E-state index in [0.717, 1.165) is 44.2 Å². The van der Waals surface area contributed by atoms with E-state index in [1.54, 1.807) is 7.05 Å². The number of nitrogens with one attached hydrogen (secondary N) is 1. The third-order valence-electron chi connectivity index (χ3n) is 7.16. The van der Waals surface area contributed by atoms with Crippen molar-refractivity contribution in [3.63, 3.8) is 0 Å². The number of hydrogen-bond donors (Lipinski definition) is 1. The summed E-state index contributed by atoms with van der Waals surface area (Å²) in [6.45, 7) is 9.14. The Hall–Kier alpha value is -3.10. The topological polar surface area (TPSA) is 71.5 Å². The van der Waals surface area contributed by atoms with E-state index >= 15 is 0 Å². The first-order chi connectivity index (χ1) is 16.8. The van der Waals surface area contributed by atoms with E-state index < -0.39 is 18.2 Å². The van der Waals surface area contributed by atoms with Crippen LogP contribution in [0, 0.1) is 13.8 Å². The van der Waals surface area contributed by atoms with E-state index in [1.165, 1.54) is 21.6 Å². The molecule has 8 nitrogen and oxygen atoms in total. The van der Waals surface area contributed by atoms with Crippen molar-refractivity contribution in [2.45, 2.75) is 39.1 Å². The van der Waals surface area contributed by atoms with E-state index in [4.69, 9.17) is 16.6 Å². The van der Waals surface area contributed by atoms with Gasteiger partial charge in [-0.05, 0) is 42.7 Å². The number of fused-ring (bicyclic) bond motifs is 1. The summed E-state index contributed by atoms with van der Waals surface area (Å²) in [5.74, 6) is 0.470. The first-order valence-electron chi connectivity index (χ1n) is 12.0. The Bertz CT molecular complexity index is 1160. The van der Waals surface area contributed by atoms with E-state index in [0.29, 0.717) is 11.6 Å². The van der Waals surface area contributed by atoms with Crippen LogP contribution in [0.4, 0.5) is 4.79 Å². The molecule has 5 rings (SSSR count). The van der Waals surface area contributed by atoms with Crippen molar-refractivity contribution in [1.82, 2.24) is 24.9 Å². The molecule has 2 aromatic carbocycles. The molecule has 3 amide bonds. The van der Waals surface area contributed by atoms with Gasteiger partial charge in [0.2, 0.25) is 0 Å². The normalized spacial score (nSPS) is 22.9. The highest BCUT2D eigenvalue weighted by Gasteiger charge is 2.49. The van der Waals surface area contributed by atoms with Crippen LogP contribution in [-0.2, 0) is 17.9 Å². The Morgan fingerprint density at radius 2 is 1.71 bits per heavy atom. The standard InChI is InChI=1S/C26H31ClN6O2/c1-17-4-5-18(2)20(14-17)16-31-10-12-32(13-11-31)25-28-23-22(24(34)29-26(35)30(23)3)33(25)15-19-6-8-21(27)9-7-19/h4-9,14,22-23H,10-13,15-16H2,1-3H3,(H,29,34,35). The second-order valence-corrected chi connectivity index (χ2v) is 10.1. The van der Waals surface area contributed by atoms with Crippen molar-refractivity contribution in [2.24, 2.45) is 4.99 Å². The van der Waals surface area contributed by atoms with Gasteiger partial charge in [-0.2, -0.15) is 0 Å². The average Bonchev–Trinajstić information content (AvgIpc) is 3.22. The zero-order chi connectivity index (χ0) is 24.7. The van der Waals surface area contributed by atoms with Gasteiger partial charge >= 0.3 is 6.03 Å². The van der Waals surface area contributed by atoms with Gasteiger partial charge in [-0.1, -0.05) is 47.5 Å². The molecule has 0 spiro atoms. The summed E-state index contributed by atoms with van der Waals surface area (Å²) in [4.78, 5) is 38.4. The summed E-state index contributed by atoms with van der Waals surface area (Å²) in [5, 5.41) is 3.15. The maximum atomic E-state index is 12.9. The molecule has 0 aromatic heterocycles. The molecular weight excluding hydrogens is 464 g/mol. The van der Waals surface area contributed by atoms with Crippen LogP contribution in [0.5, 0.6) is 0 Å². The molecule has 3 aliphatic rings. The Balaban J connectivity index is 1.34. The number of piperazine rings is 1. The Morgan fingerprint density at radius 3 is 2.43 bits per heavy atom. The van der Waals surface area contributed by atoms with Gasteiger partial charge in [-0.25, -0.2) is 9.79 Å². The molecule has 184 valence electrons. The molecule has 3 heterocycles. The summed E-state index contributed by atoms with van der Waals surface area (Å²) < 4.78 is 0. The van der Waals surface area contributed by atoms with Gasteiger partial charge in [0.05, 0.1) is 0 Å². The Morgan fingerprint density at radius 1 is 1.00 bits per heavy atom. The van der Waals surface area contributed by atoms with Crippen molar-refractivity contribution in [1.29, 1.82) is 0 Å². The van der Waals surface area contributed by atoms with Gasteiger partial charge in [0.1, 0.15) is 0 Å². The molecule has 2 aromatic rings. The van der Waals surface area contributed by atoms with Crippen LogP contribution in [0.25, 0.3) is 0 Å². The van der Waals surface area contributed by atoms with Crippen LogP contribution >= 0.6 is 11.6 Å². The largest absolute Gasteiger partial charge is 0.340 e. The second kappa shape index (κ2) is 9.51. The fourth-order valence-electron chi connectivity index (χ4n) is 5.05. The first-order valence-corrected chi connectivity index (χ1v) is 12.4. The summed E-state index contributed by atoms with van der Waals surface area (Å²) in [7, 11) is 1.69. The minimum Gasteiger partial charge on any atom is -0.340 e. The van der Waals surface area contributed by atoms with Gasteiger partial charge in [-0.15, -0.1) is 0 Å². The van der Waals surface area contributed by atoms with Crippen molar-refractivity contribution in [2.75, 3.05) is 33.2 Å². The van der Waals surface area contributed by atoms with Crippen molar-refractivity contribution in [3.8, 4) is 0 Å². The van der Waals surface area contributed by atoms with Gasteiger partial charge in [0.25, 0.3) is 5.91 Å². The van der Waals surface area contributed by atoms with Crippen LogP contribution in [0.15, 0.2) is 47.5 Å². The lowest BCUT2D eigenvalue weighted by Crippen LogP contribution is -2.64. The quantitative estimate of drug-likeness (QED) is 0.707. The molecule has 3 aliphatic heterocycles. The van der Waals surface area contributed by atoms with Crippen LogP contribution < -0.4 is 5.32 Å². The predicted molar refractivity (Wildman–Crippen MR) is 136 cm³/mol. The summed E-state index contributed by atoms with van der Waals surface area (Å²) >= 11 is 6.08. The smallest absolute Gasteiger partial charge is 0.325 e. The zero-order valence-corrected chi connectivity index (χ0v) is 21.1. The first kappa shape index (κ1) is 23.6. The second-order valence-electron chi connectivity index (χ2n) is 9.64. The monoisotopic (exact) mass is 494 g/mol. The SMILES string of the molecule is Cc1ccc(C)c(CN2CCN(C3=NC4C(C(=O)NC(=O)N4C)N3Cc3ccc(Cl)cc3)CC2)c1. The number of guanidine groups is 1. The van der Waals surface area contributed by atoms with Crippen LogP contribution in [-0.4, -0.2) is 82.9 Å². The fraction of sp³-hybridized carbons (Fsp3) is 0.423. The van der Waals surface area contributed by atoms with E-state index in [9.17, 15) is 9.59 Å². The molecule has 0 aliphatic carbocycles. The number of rotatable bonds is 4. The summed E-state index contributed by atoms with van der Waals surface area (Å²) in [5.41, 5.74) is 4.99. The highest BCUT2D eigenvalue weighted by atomic mass is 35.5. The van der Waals surface area contributed by atoms with E-state index in [-0.39, 0.29) is 5.91 Å². The lowest BCUT2D eigenvalue weighted by atomic mass is 10.0. The van der Waals surface area contributed by atoms with Crippen LogP contribution in [0.1, 0.15) is 22.3 Å². The number of benzene rings is 2. The maximum Gasteiger partial charge on any atom is 0.325 e. The number of likely N-dealkylation sites (N-methyl/N-ethyl adjacent to an activating group) is 1. The van der Waals surface area contributed by atoms with Crippen molar-refractivity contribution in [3.05, 3.63) is 69.7 Å². The molecule has 2 atom stereocenters. The van der Waals surface area contributed by atoms with Gasteiger partial charge in [-0.3, -0.25) is 15.0 Å². The number of carbonyl (C=O) groups excluding carboxylic acids is 2. The third kappa shape index (κ3) is 4.73. The third-order valence-corrected chi connectivity index (χ3v) is 7.41. The maximum absolute atomic E-state index is 12.9. The highest BCUT2D eigenvalue weighted by Crippen LogP contribution is 2.28. The Labute approximate surface area is 211 Å². The zero-order valence-electron chi connectivity index (χ0n) is 20.4. The molecule has 9 heteroatoms. The average molecular weight is 495 g/mol. The summed E-state index contributed by atoms with van der Waals surface area (Å²) in [6, 6.07) is 13.3.